The van der Waals surface area contributed by atoms with E-state index < -0.39 is 11.9 Å². The monoisotopic (exact) mass is 264 g/mol. The van der Waals surface area contributed by atoms with Gasteiger partial charge in [0.2, 0.25) is 0 Å². The van der Waals surface area contributed by atoms with Crippen molar-refractivity contribution in [2.45, 2.75) is 25.9 Å². The first-order valence-electron chi connectivity index (χ1n) is 6.14. The molecule has 1 unspecified atom stereocenters. The predicted molar refractivity (Wildman–Crippen MR) is 69.3 cm³/mol. The van der Waals surface area contributed by atoms with E-state index in [2.05, 4.69) is 10.1 Å². The second-order valence-corrected chi connectivity index (χ2v) is 4.17. The first-order valence-corrected chi connectivity index (χ1v) is 6.14. The largest absolute Gasteiger partial charge is 0.493 e. The normalized spacial score (nSPS) is 12.4. The number of nitrogens with two attached hydrogens (primary N) is 1. The highest BCUT2D eigenvalue weighted by molar-refractivity contribution is 5.33. The number of rotatable bonds is 5. The summed E-state index contributed by atoms with van der Waals surface area (Å²) < 4.78 is 20.7. The number of pyridine rings is 1. The van der Waals surface area contributed by atoms with E-state index in [-0.39, 0.29) is 5.69 Å². The van der Waals surface area contributed by atoms with Gasteiger partial charge in [-0.25, -0.2) is 4.39 Å². The van der Waals surface area contributed by atoms with Crippen LogP contribution in [0.4, 0.5) is 4.39 Å². The summed E-state index contributed by atoms with van der Waals surface area (Å²) >= 11 is 0. The third kappa shape index (κ3) is 2.58. The summed E-state index contributed by atoms with van der Waals surface area (Å²) in [5, 5.41) is 4.21. The summed E-state index contributed by atoms with van der Waals surface area (Å²) in [6, 6.07) is 2.17. The Hall–Kier alpha value is -1.95. The molecule has 5 nitrogen and oxygen atoms in total. The molecule has 2 aromatic heterocycles. The van der Waals surface area contributed by atoms with Crippen LogP contribution in [0, 0.1) is 5.82 Å². The zero-order chi connectivity index (χ0) is 13.8. The molecular formula is C13H17FN4O. The van der Waals surface area contributed by atoms with Gasteiger partial charge in [0.05, 0.1) is 25.0 Å². The van der Waals surface area contributed by atoms with E-state index in [0.717, 1.165) is 6.42 Å². The molecule has 0 aromatic carbocycles. The number of hydrogen-bond donors (Lipinski definition) is 1. The minimum absolute atomic E-state index is 0.193. The van der Waals surface area contributed by atoms with E-state index in [9.17, 15) is 4.39 Å². The molecular weight excluding hydrogens is 247 g/mol. The Morgan fingerprint density at radius 1 is 1.53 bits per heavy atom. The van der Waals surface area contributed by atoms with Gasteiger partial charge in [0.25, 0.3) is 0 Å². The van der Waals surface area contributed by atoms with Gasteiger partial charge in [-0.1, -0.05) is 6.92 Å². The highest BCUT2D eigenvalue weighted by atomic mass is 19.1. The van der Waals surface area contributed by atoms with E-state index in [0.29, 0.717) is 18.0 Å². The lowest BCUT2D eigenvalue weighted by molar-refractivity contribution is 0.402. The Labute approximate surface area is 111 Å². The summed E-state index contributed by atoms with van der Waals surface area (Å²) in [4.78, 5) is 4.01. The standard InChI is InChI=1S/C13H17FN4O/c1-3-7-18-13(10(19-2)8-17-18)11(15)12-9(14)5-4-6-16-12/h4-6,8,11H,3,7,15H2,1-2H3. The third-order valence-electron chi connectivity index (χ3n) is 2.88. The Bertz CT molecular complexity index is 555. The van der Waals surface area contributed by atoms with Crippen LogP contribution >= 0.6 is 0 Å². The molecule has 0 aliphatic rings. The summed E-state index contributed by atoms with van der Waals surface area (Å²) in [6.07, 6.45) is 4.01. The average molecular weight is 264 g/mol. The van der Waals surface area contributed by atoms with Gasteiger partial charge >= 0.3 is 0 Å². The van der Waals surface area contributed by atoms with Crippen LogP contribution in [0.1, 0.15) is 30.8 Å². The van der Waals surface area contributed by atoms with Gasteiger partial charge in [-0.2, -0.15) is 5.10 Å². The highest BCUT2D eigenvalue weighted by Gasteiger charge is 2.23. The average Bonchev–Trinajstić information content (AvgIpc) is 2.82. The van der Waals surface area contributed by atoms with Crippen LogP contribution in [0.2, 0.25) is 0 Å². The molecule has 6 heteroatoms. The van der Waals surface area contributed by atoms with Crippen molar-refractivity contribution in [2.75, 3.05) is 7.11 Å². The maximum Gasteiger partial charge on any atom is 0.161 e. The molecule has 2 aromatic rings. The molecule has 0 saturated heterocycles. The van der Waals surface area contributed by atoms with Gasteiger partial charge in [-0.05, 0) is 18.6 Å². The molecule has 0 fully saturated rings. The molecule has 102 valence electrons. The second kappa shape index (κ2) is 5.79. The van der Waals surface area contributed by atoms with Crippen LogP contribution < -0.4 is 10.5 Å². The van der Waals surface area contributed by atoms with Crippen LogP contribution in [0.15, 0.2) is 24.5 Å². The smallest absolute Gasteiger partial charge is 0.161 e. The molecule has 0 aliphatic carbocycles. The lowest BCUT2D eigenvalue weighted by atomic mass is 10.1. The van der Waals surface area contributed by atoms with Gasteiger partial charge in [-0.3, -0.25) is 9.67 Å². The fourth-order valence-electron chi connectivity index (χ4n) is 1.99. The first-order chi connectivity index (χ1) is 9.19. The van der Waals surface area contributed by atoms with Crippen LogP contribution in [0.3, 0.4) is 0 Å². The van der Waals surface area contributed by atoms with E-state index >= 15 is 0 Å². The Kier molecular flexibility index (Phi) is 4.11. The van der Waals surface area contributed by atoms with E-state index in [1.54, 1.807) is 10.9 Å². The predicted octanol–water partition coefficient (Wildman–Crippen LogP) is 1.88. The van der Waals surface area contributed by atoms with Crippen molar-refractivity contribution in [3.05, 3.63) is 41.7 Å². The van der Waals surface area contributed by atoms with Crippen molar-refractivity contribution in [2.24, 2.45) is 5.73 Å². The second-order valence-electron chi connectivity index (χ2n) is 4.17. The van der Waals surface area contributed by atoms with Crippen molar-refractivity contribution in [3.8, 4) is 5.75 Å². The molecule has 0 amide bonds. The number of nitrogens with zero attached hydrogens (tertiary/aromatic N) is 3. The van der Waals surface area contributed by atoms with Gasteiger partial charge < -0.3 is 10.5 Å². The summed E-state index contributed by atoms with van der Waals surface area (Å²) in [7, 11) is 1.54. The Morgan fingerprint density at radius 3 is 2.95 bits per heavy atom. The number of aryl methyl sites for hydroxylation is 1. The van der Waals surface area contributed by atoms with Crippen LogP contribution in [0.25, 0.3) is 0 Å². The Morgan fingerprint density at radius 2 is 2.32 bits per heavy atom. The maximum absolute atomic E-state index is 13.8. The molecule has 0 bridgehead atoms. The van der Waals surface area contributed by atoms with Crippen LogP contribution in [0.5, 0.6) is 5.75 Å². The number of halogens is 1. The number of methoxy groups -OCH3 is 1. The van der Waals surface area contributed by atoms with Crippen molar-refractivity contribution >= 4 is 0 Å². The van der Waals surface area contributed by atoms with Crippen molar-refractivity contribution in [1.29, 1.82) is 0 Å². The molecule has 1 atom stereocenters. The van der Waals surface area contributed by atoms with Gasteiger partial charge in [-0.15, -0.1) is 0 Å². The minimum Gasteiger partial charge on any atom is -0.493 e. The number of ether oxygens (including phenoxy) is 1. The van der Waals surface area contributed by atoms with Gasteiger partial charge in [0.15, 0.2) is 5.75 Å². The fraction of sp³-hybridized carbons (Fsp3) is 0.385. The SMILES string of the molecule is CCCn1ncc(OC)c1C(N)c1ncccc1F. The van der Waals surface area contributed by atoms with Crippen LogP contribution in [-0.4, -0.2) is 21.9 Å². The summed E-state index contributed by atoms with van der Waals surface area (Å²) in [5.74, 6) is 0.118. The number of hydrogen-bond acceptors (Lipinski definition) is 4. The van der Waals surface area contributed by atoms with E-state index in [1.165, 1.54) is 25.4 Å². The molecule has 2 rings (SSSR count). The number of aromatic nitrogens is 3. The molecule has 2 N–H and O–H groups in total. The van der Waals surface area contributed by atoms with E-state index in [4.69, 9.17) is 10.5 Å². The maximum atomic E-state index is 13.8. The summed E-state index contributed by atoms with van der Waals surface area (Å²) in [5.41, 5.74) is 6.96. The molecule has 0 saturated carbocycles. The van der Waals surface area contributed by atoms with Crippen molar-refractivity contribution < 1.29 is 9.13 Å². The zero-order valence-electron chi connectivity index (χ0n) is 11.0. The van der Waals surface area contributed by atoms with Gasteiger partial charge in [0.1, 0.15) is 11.5 Å². The minimum atomic E-state index is -0.704. The molecule has 0 radical (unpaired) electrons. The first kappa shape index (κ1) is 13.5. The van der Waals surface area contributed by atoms with Crippen molar-refractivity contribution in [3.63, 3.8) is 0 Å². The highest BCUT2D eigenvalue weighted by Crippen LogP contribution is 2.28. The lowest BCUT2D eigenvalue weighted by Crippen LogP contribution is -2.20. The molecule has 0 aliphatic heterocycles. The molecule has 0 spiro atoms. The Balaban J connectivity index is 2.45. The quantitative estimate of drug-likeness (QED) is 0.895. The molecule has 19 heavy (non-hydrogen) atoms. The fourth-order valence-corrected chi connectivity index (χ4v) is 1.99. The third-order valence-corrected chi connectivity index (χ3v) is 2.88. The van der Waals surface area contributed by atoms with Crippen LogP contribution in [-0.2, 0) is 6.54 Å². The van der Waals surface area contributed by atoms with E-state index in [1.807, 2.05) is 6.92 Å². The molecule has 2 heterocycles. The lowest BCUT2D eigenvalue weighted by Gasteiger charge is -2.15. The van der Waals surface area contributed by atoms with Crippen molar-refractivity contribution in [1.82, 2.24) is 14.8 Å². The summed E-state index contributed by atoms with van der Waals surface area (Å²) in [6.45, 7) is 2.73. The topological polar surface area (TPSA) is 66.0 Å². The van der Waals surface area contributed by atoms with Gasteiger partial charge in [0, 0.05) is 12.7 Å². The zero-order valence-corrected chi connectivity index (χ0v) is 11.0.